The Morgan fingerprint density at radius 2 is 2.04 bits per heavy atom. The van der Waals surface area contributed by atoms with Gasteiger partial charge >= 0.3 is 0 Å². The summed E-state index contributed by atoms with van der Waals surface area (Å²) in [4.78, 5) is 21.7. The molecule has 28 heavy (non-hydrogen) atoms. The number of aromatic hydroxyl groups is 1. The number of benzene rings is 2. The van der Waals surface area contributed by atoms with E-state index in [-0.39, 0.29) is 11.7 Å². The van der Waals surface area contributed by atoms with E-state index in [1.807, 2.05) is 29.6 Å². The molecule has 4 rings (SSSR count). The Bertz CT molecular complexity index is 1100. The highest BCUT2D eigenvalue weighted by Crippen LogP contribution is 2.31. The minimum Gasteiger partial charge on any atom is -0.508 e. The number of phenolic OH excluding ortho intramolecular Hbond substituents is 1. The SMILES string of the molecule is COc1ccc(C(=O)NCCc2ccc(O)cc2)c2nc(-c3cccs3)[nH]c12. The fourth-order valence-corrected chi connectivity index (χ4v) is 3.70. The maximum atomic E-state index is 12.8. The van der Waals surface area contributed by atoms with Gasteiger partial charge in [0.15, 0.2) is 0 Å². The predicted molar refractivity (Wildman–Crippen MR) is 110 cm³/mol. The quantitative estimate of drug-likeness (QED) is 0.462. The average Bonchev–Trinajstić information content (AvgIpc) is 3.38. The maximum absolute atomic E-state index is 12.8. The monoisotopic (exact) mass is 393 g/mol. The third-order valence-corrected chi connectivity index (χ3v) is 5.34. The van der Waals surface area contributed by atoms with E-state index in [2.05, 4.69) is 15.3 Å². The molecule has 0 atom stereocenters. The predicted octanol–water partition coefficient (Wildman–Crippen LogP) is 3.98. The number of aromatic nitrogens is 2. The summed E-state index contributed by atoms with van der Waals surface area (Å²) < 4.78 is 5.42. The summed E-state index contributed by atoms with van der Waals surface area (Å²) in [5.41, 5.74) is 2.83. The topological polar surface area (TPSA) is 87.2 Å². The first-order valence-corrected chi connectivity index (χ1v) is 9.70. The Balaban J connectivity index is 1.57. The van der Waals surface area contributed by atoms with Crippen LogP contribution in [0.1, 0.15) is 15.9 Å². The van der Waals surface area contributed by atoms with E-state index in [1.54, 1.807) is 42.7 Å². The molecule has 2 aromatic carbocycles. The number of carbonyl (C=O) groups is 1. The lowest BCUT2D eigenvalue weighted by Gasteiger charge is -2.08. The van der Waals surface area contributed by atoms with Crippen molar-refractivity contribution in [2.24, 2.45) is 0 Å². The molecule has 0 saturated heterocycles. The third-order valence-electron chi connectivity index (χ3n) is 4.46. The minimum atomic E-state index is -0.185. The number of hydrogen-bond acceptors (Lipinski definition) is 5. The number of methoxy groups -OCH3 is 1. The van der Waals surface area contributed by atoms with Crippen molar-refractivity contribution in [1.82, 2.24) is 15.3 Å². The molecule has 2 aromatic heterocycles. The highest BCUT2D eigenvalue weighted by Gasteiger charge is 2.18. The molecule has 0 unspecified atom stereocenters. The van der Waals surface area contributed by atoms with Crippen LogP contribution in [0.15, 0.2) is 53.9 Å². The summed E-state index contributed by atoms with van der Waals surface area (Å²) in [5.74, 6) is 1.41. The Morgan fingerprint density at radius 3 is 2.75 bits per heavy atom. The molecule has 3 N–H and O–H groups in total. The first-order valence-electron chi connectivity index (χ1n) is 8.82. The first-order chi connectivity index (χ1) is 13.7. The van der Waals surface area contributed by atoms with E-state index >= 15 is 0 Å². The summed E-state index contributed by atoms with van der Waals surface area (Å²) in [6.45, 7) is 0.485. The molecule has 0 radical (unpaired) electrons. The lowest BCUT2D eigenvalue weighted by molar-refractivity contribution is 0.0955. The second kappa shape index (κ2) is 7.74. The number of imidazole rings is 1. The van der Waals surface area contributed by atoms with Gasteiger partial charge in [0, 0.05) is 6.54 Å². The van der Waals surface area contributed by atoms with Crippen LogP contribution in [0.3, 0.4) is 0 Å². The summed E-state index contributed by atoms with van der Waals surface area (Å²) >= 11 is 1.58. The van der Waals surface area contributed by atoms with E-state index < -0.39 is 0 Å². The smallest absolute Gasteiger partial charge is 0.253 e. The second-order valence-electron chi connectivity index (χ2n) is 6.27. The number of fused-ring (bicyclic) bond motifs is 1. The molecule has 7 heteroatoms. The zero-order valence-electron chi connectivity index (χ0n) is 15.2. The van der Waals surface area contributed by atoms with E-state index in [4.69, 9.17) is 4.74 Å². The van der Waals surface area contributed by atoms with Crippen molar-refractivity contribution in [1.29, 1.82) is 0 Å². The molecular formula is C21H19N3O3S. The van der Waals surface area contributed by atoms with Gasteiger partial charge in [0.1, 0.15) is 28.4 Å². The molecule has 0 spiro atoms. The largest absolute Gasteiger partial charge is 0.508 e. The lowest BCUT2D eigenvalue weighted by atomic mass is 10.1. The number of amides is 1. The molecular weight excluding hydrogens is 374 g/mol. The fourth-order valence-electron chi connectivity index (χ4n) is 3.03. The van der Waals surface area contributed by atoms with Crippen LogP contribution in [-0.4, -0.2) is 34.6 Å². The van der Waals surface area contributed by atoms with Gasteiger partial charge in [-0.3, -0.25) is 4.79 Å². The number of carbonyl (C=O) groups excluding carboxylic acids is 1. The van der Waals surface area contributed by atoms with Gasteiger partial charge in [-0.2, -0.15) is 0 Å². The van der Waals surface area contributed by atoms with E-state index in [0.717, 1.165) is 10.4 Å². The molecule has 0 fully saturated rings. The number of aromatic amines is 1. The summed E-state index contributed by atoms with van der Waals surface area (Å²) in [6, 6.07) is 14.4. The van der Waals surface area contributed by atoms with Crippen LogP contribution in [0.25, 0.3) is 21.7 Å². The van der Waals surface area contributed by atoms with Crippen molar-refractivity contribution in [2.75, 3.05) is 13.7 Å². The van der Waals surface area contributed by atoms with Gasteiger partial charge in [-0.05, 0) is 47.7 Å². The van der Waals surface area contributed by atoms with Crippen molar-refractivity contribution < 1.29 is 14.6 Å². The van der Waals surface area contributed by atoms with Crippen LogP contribution >= 0.6 is 11.3 Å². The van der Waals surface area contributed by atoms with Crippen LogP contribution in [0.5, 0.6) is 11.5 Å². The molecule has 142 valence electrons. The summed E-state index contributed by atoms with van der Waals surface area (Å²) in [5, 5.41) is 14.3. The van der Waals surface area contributed by atoms with Gasteiger partial charge in [-0.1, -0.05) is 18.2 Å². The van der Waals surface area contributed by atoms with Crippen molar-refractivity contribution in [3.63, 3.8) is 0 Å². The highest BCUT2D eigenvalue weighted by molar-refractivity contribution is 7.13. The number of ether oxygens (including phenoxy) is 1. The molecule has 0 aliphatic carbocycles. The number of nitrogens with one attached hydrogen (secondary N) is 2. The third kappa shape index (κ3) is 3.57. The fraction of sp³-hybridized carbons (Fsp3) is 0.143. The maximum Gasteiger partial charge on any atom is 0.253 e. The lowest BCUT2D eigenvalue weighted by Crippen LogP contribution is -2.26. The van der Waals surface area contributed by atoms with Crippen LogP contribution in [0.4, 0.5) is 0 Å². The van der Waals surface area contributed by atoms with Gasteiger partial charge in [0.25, 0.3) is 5.91 Å². The number of nitrogens with zero attached hydrogens (tertiary/aromatic N) is 1. The van der Waals surface area contributed by atoms with Crippen LogP contribution in [0, 0.1) is 0 Å². The van der Waals surface area contributed by atoms with Gasteiger partial charge < -0.3 is 20.1 Å². The molecule has 1 amide bonds. The molecule has 0 aliphatic rings. The normalized spacial score (nSPS) is 10.9. The van der Waals surface area contributed by atoms with E-state index in [9.17, 15) is 9.90 Å². The second-order valence-corrected chi connectivity index (χ2v) is 7.22. The van der Waals surface area contributed by atoms with Crippen LogP contribution in [0.2, 0.25) is 0 Å². The Labute approximate surface area is 165 Å². The minimum absolute atomic E-state index is 0.185. The van der Waals surface area contributed by atoms with Crippen LogP contribution in [-0.2, 0) is 6.42 Å². The zero-order valence-corrected chi connectivity index (χ0v) is 16.0. The molecule has 0 aliphatic heterocycles. The molecule has 6 nitrogen and oxygen atoms in total. The first kappa shape index (κ1) is 18.1. The Morgan fingerprint density at radius 1 is 1.21 bits per heavy atom. The van der Waals surface area contributed by atoms with E-state index in [0.29, 0.717) is 41.1 Å². The standard InChI is InChI=1S/C21H19N3O3S/c1-27-16-9-8-15(18-19(16)24-20(23-18)17-3-2-12-28-17)21(26)22-11-10-13-4-6-14(25)7-5-13/h2-9,12,25H,10-11H2,1H3,(H,22,26)(H,23,24). The number of phenols is 1. The zero-order chi connectivity index (χ0) is 19.5. The van der Waals surface area contributed by atoms with Gasteiger partial charge in [-0.25, -0.2) is 4.98 Å². The summed E-state index contributed by atoms with van der Waals surface area (Å²) in [7, 11) is 1.60. The van der Waals surface area contributed by atoms with Crippen LogP contribution < -0.4 is 10.1 Å². The Hall–Kier alpha value is -3.32. The molecule has 0 saturated carbocycles. The number of rotatable bonds is 6. The number of thiophene rings is 1. The van der Waals surface area contributed by atoms with Crippen molar-refractivity contribution >= 4 is 28.3 Å². The van der Waals surface area contributed by atoms with Gasteiger partial charge in [0.05, 0.1) is 17.6 Å². The number of H-pyrrole nitrogens is 1. The Kier molecular flexibility index (Phi) is 4.99. The number of hydrogen-bond donors (Lipinski definition) is 3. The molecule has 0 bridgehead atoms. The highest BCUT2D eigenvalue weighted by atomic mass is 32.1. The van der Waals surface area contributed by atoms with Gasteiger partial charge in [0.2, 0.25) is 0 Å². The van der Waals surface area contributed by atoms with E-state index in [1.165, 1.54) is 0 Å². The average molecular weight is 393 g/mol. The van der Waals surface area contributed by atoms with Crippen molar-refractivity contribution in [2.45, 2.75) is 6.42 Å². The molecule has 4 aromatic rings. The van der Waals surface area contributed by atoms with Gasteiger partial charge in [-0.15, -0.1) is 11.3 Å². The van der Waals surface area contributed by atoms with Crippen molar-refractivity contribution in [3.05, 3.63) is 65.0 Å². The summed E-state index contributed by atoms with van der Waals surface area (Å²) in [6.07, 6.45) is 0.673. The molecule has 2 heterocycles. The van der Waals surface area contributed by atoms with Crippen molar-refractivity contribution in [3.8, 4) is 22.2 Å².